The Morgan fingerprint density at radius 3 is 2.83 bits per heavy atom. The molecule has 3 heteroatoms. The minimum absolute atomic E-state index is 0.213. The third kappa shape index (κ3) is 2.66. The van der Waals surface area contributed by atoms with Crippen LogP contribution in [-0.2, 0) is 25.9 Å². The Labute approximate surface area is 109 Å². The minimum atomic E-state index is 0.213. The van der Waals surface area contributed by atoms with Gasteiger partial charge in [-0.05, 0) is 43.4 Å². The third-order valence-electron chi connectivity index (χ3n) is 3.54. The molecule has 0 spiro atoms. The molecule has 3 nitrogen and oxygen atoms in total. The predicted octanol–water partition coefficient (Wildman–Crippen LogP) is 2.10. The number of fused-ring (bicyclic) bond motifs is 1. The van der Waals surface area contributed by atoms with Gasteiger partial charge in [0.25, 0.3) is 5.56 Å². The van der Waals surface area contributed by atoms with Gasteiger partial charge in [-0.15, -0.1) is 0 Å². The second kappa shape index (κ2) is 5.70. The van der Waals surface area contributed by atoms with Crippen molar-refractivity contribution in [2.24, 2.45) is 5.92 Å². The van der Waals surface area contributed by atoms with Gasteiger partial charge in [-0.25, -0.2) is 0 Å². The largest absolute Gasteiger partial charge is 0.313 e. The molecular formula is C15H24N2O. The van der Waals surface area contributed by atoms with E-state index in [1.54, 1.807) is 0 Å². The molecule has 0 saturated heterocycles. The summed E-state index contributed by atoms with van der Waals surface area (Å²) >= 11 is 0. The van der Waals surface area contributed by atoms with Crippen molar-refractivity contribution in [1.29, 1.82) is 0 Å². The number of aryl methyl sites for hydroxylation is 1. The maximum Gasteiger partial charge on any atom is 0.255 e. The SMILES string of the molecule is CCNCc1cc2c(n(CC(C)C)c1=O)CCC2. The van der Waals surface area contributed by atoms with Gasteiger partial charge < -0.3 is 9.88 Å². The summed E-state index contributed by atoms with van der Waals surface area (Å²) in [5.41, 5.74) is 3.82. The Morgan fingerprint density at radius 2 is 2.17 bits per heavy atom. The summed E-state index contributed by atoms with van der Waals surface area (Å²) in [4.78, 5) is 12.5. The number of nitrogens with zero attached hydrogens (tertiary/aromatic N) is 1. The first-order chi connectivity index (χ1) is 8.63. The van der Waals surface area contributed by atoms with Crippen LogP contribution in [0.5, 0.6) is 0 Å². The molecule has 0 aromatic carbocycles. The Bertz CT molecular complexity index is 474. The number of hydrogen-bond donors (Lipinski definition) is 1. The number of hydrogen-bond acceptors (Lipinski definition) is 2. The molecule has 1 aliphatic rings. The summed E-state index contributed by atoms with van der Waals surface area (Å²) in [6, 6.07) is 2.13. The number of rotatable bonds is 5. The molecule has 1 aromatic heterocycles. The van der Waals surface area contributed by atoms with Crippen molar-refractivity contribution in [2.45, 2.75) is 53.1 Å². The summed E-state index contributed by atoms with van der Waals surface area (Å²) in [6.07, 6.45) is 3.39. The van der Waals surface area contributed by atoms with Crippen LogP contribution in [0.4, 0.5) is 0 Å². The van der Waals surface area contributed by atoms with Crippen LogP contribution in [0.15, 0.2) is 10.9 Å². The van der Waals surface area contributed by atoms with Crippen molar-refractivity contribution >= 4 is 0 Å². The lowest BCUT2D eigenvalue weighted by atomic mass is 10.1. The number of aromatic nitrogens is 1. The molecule has 0 saturated carbocycles. The average molecular weight is 248 g/mol. The molecule has 18 heavy (non-hydrogen) atoms. The average Bonchev–Trinajstić information content (AvgIpc) is 2.78. The van der Waals surface area contributed by atoms with Gasteiger partial charge in [-0.2, -0.15) is 0 Å². The molecular weight excluding hydrogens is 224 g/mol. The Kier molecular flexibility index (Phi) is 4.23. The summed E-state index contributed by atoms with van der Waals surface area (Å²) in [6.45, 7) is 8.86. The van der Waals surface area contributed by atoms with E-state index in [0.29, 0.717) is 12.5 Å². The van der Waals surface area contributed by atoms with Crippen molar-refractivity contribution in [3.05, 3.63) is 33.2 Å². The summed E-state index contributed by atoms with van der Waals surface area (Å²) in [7, 11) is 0. The highest BCUT2D eigenvalue weighted by molar-refractivity contribution is 5.30. The van der Waals surface area contributed by atoms with Crippen LogP contribution >= 0.6 is 0 Å². The lowest BCUT2D eigenvalue weighted by molar-refractivity contribution is 0.493. The molecule has 0 aliphatic heterocycles. The molecule has 0 fully saturated rings. The number of pyridine rings is 1. The van der Waals surface area contributed by atoms with E-state index in [9.17, 15) is 4.79 Å². The third-order valence-corrected chi connectivity index (χ3v) is 3.54. The second-order valence-corrected chi connectivity index (χ2v) is 5.58. The van der Waals surface area contributed by atoms with E-state index in [1.807, 2.05) is 4.57 Å². The molecule has 0 atom stereocenters. The first-order valence-corrected chi connectivity index (χ1v) is 7.08. The number of nitrogens with one attached hydrogen (secondary N) is 1. The van der Waals surface area contributed by atoms with Crippen molar-refractivity contribution in [3.8, 4) is 0 Å². The molecule has 0 unspecified atom stereocenters. The van der Waals surface area contributed by atoms with Crippen molar-refractivity contribution < 1.29 is 0 Å². The van der Waals surface area contributed by atoms with Gasteiger partial charge in [-0.1, -0.05) is 20.8 Å². The lowest BCUT2D eigenvalue weighted by Gasteiger charge is -2.16. The molecule has 100 valence electrons. The van der Waals surface area contributed by atoms with Crippen LogP contribution in [-0.4, -0.2) is 11.1 Å². The highest BCUT2D eigenvalue weighted by Crippen LogP contribution is 2.22. The molecule has 1 heterocycles. The minimum Gasteiger partial charge on any atom is -0.313 e. The van der Waals surface area contributed by atoms with Gasteiger partial charge in [0.2, 0.25) is 0 Å². The van der Waals surface area contributed by atoms with E-state index in [0.717, 1.165) is 31.5 Å². The Balaban J connectivity index is 2.42. The van der Waals surface area contributed by atoms with Gasteiger partial charge >= 0.3 is 0 Å². The van der Waals surface area contributed by atoms with Gasteiger partial charge in [-0.3, -0.25) is 4.79 Å². The first-order valence-electron chi connectivity index (χ1n) is 7.08. The zero-order chi connectivity index (χ0) is 13.1. The zero-order valence-corrected chi connectivity index (χ0v) is 11.8. The van der Waals surface area contributed by atoms with E-state index in [-0.39, 0.29) is 5.56 Å². The van der Waals surface area contributed by atoms with Crippen molar-refractivity contribution in [1.82, 2.24) is 9.88 Å². The fraction of sp³-hybridized carbons (Fsp3) is 0.667. The normalized spacial score (nSPS) is 14.2. The van der Waals surface area contributed by atoms with Gasteiger partial charge in [0, 0.05) is 24.3 Å². The van der Waals surface area contributed by atoms with Gasteiger partial charge in [0.1, 0.15) is 0 Å². The summed E-state index contributed by atoms with van der Waals surface area (Å²) < 4.78 is 2.03. The van der Waals surface area contributed by atoms with Crippen LogP contribution < -0.4 is 10.9 Å². The van der Waals surface area contributed by atoms with E-state index in [1.165, 1.54) is 17.7 Å². The maximum absolute atomic E-state index is 12.5. The Hall–Kier alpha value is -1.09. The zero-order valence-electron chi connectivity index (χ0n) is 11.8. The lowest BCUT2D eigenvalue weighted by Crippen LogP contribution is -2.31. The van der Waals surface area contributed by atoms with Gasteiger partial charge in [0.05, 0.1) is 0 Å². The van der Waals surface area contributed by atoms with Crippen LogP contribution in [0.3, 0.4) is 0 Å². The molecule has 1 N–H and O–H groups in total. The second-order valence-electron chi connectivity index (χ2n) is 5.58. The highest BCUT2D eigenvalue weighted by Gasteiger charge is 2.19. The van der Waals surface area contributed by atoms with Gasteiger partial charge in [0.15, 0.2) is 0 Å². The molecule has 1 aliphatic carbocycles. The monoisotopic (exact) mass is 248 g/mol. The maximum atomic E-state index is 12.5. The molecule has 1 aromatic rings. The van der Waals surface area contributed by atoms with Crippen LogP contribution in [0.25, 0.3) is 0 Å². The van der Waals surface area contributed by atoms with Crippen LogP contribution in [0.2, 0.25) is 0 Å². The summed E-state index contributed by atoms with van der Waals surface area (Å²) in [5.74, 6) is 0.516. The topological polar surface area (TPSA) is 34.0 Å². The van der Waals surface area contributed by atoms with E-state index < -0.39 is 0 Å². The van der Waals surface area contributed by atoms with Crippen LogP contribution in [0.1, 0.15) is 44.0 Å². The molecule has 2 rings (SSSR count). The fourth-order valence-corrected chi connectivity index (χ4v) is 2.73. The molecule has 0 bridgehead atoms. The van der Waals surface area contributed by atoms with Crippen molar-refractivity contribution in [2.75, 3.05) is 6.54 Å². The molecule has 0 radical (unpaired) electrons. The van der Waals surface area contributed by atoms with Crippen LogP contribution in [0, 0.1) is 5.92 Å². The predicted molar refractivity (Wildman–Crippen MR) is 74.9 cm³/mol. The standard InChI is InChI=1S/C15H24N2O/c1-4-16-9-13-8-12-6-5-7-14(12)17(15(13)18)10-11(2)3/h8,11,16H,4-7,9-10H2,1-3H3. The quantitative estimate of drug-likeness (QED) is 0.866. The Morgan fingerprint density at radius 1 is 1.39 bits per heavy atom. The van der Waals surface area contributed by atoms with Crippen molar-refractivity contribution in [3.63, 3.8) is 0 Å². The van der Waals surface area contributed by atoms with E-state index in [4.69, 9.17) is 0 Å². The first kappa shape index (κ1) is 13.3. The summed E-state index contributed by atoms with van der Waals surface area (Å²) in [5, 5.41) is 3.26. The highest BCUT2D eigenvalue weighted by atomic mass is 16.1. The van der Waals surface area contributed by atoms with E-state index in [2.05, 4.69) is 32.2 Å². The smallest absolute Gasteiger partial charge is 0.255 e. The van der Waals surface area contributed by atoms with E-state index >= 15 is 0 Å². The fourth-order valence-electron chi connectivity index (χ4n) is 2.73. The molecule has 0 amide bonds.